The van der Waals surface area contributed by atoms with Gasteiger partial charge in [-0.25, -0.2) is 9.97 Å². The molecule has 0 saturated heterocycles. The van der Waals surface area contributed by atoms with E-state index < -0.39 is 0 Å². The van der Waals surface area contributed by atoms with Crippen molar-refractivity contribution in [3.05, 3.63) is 35.3 Å². The first-order valence-corrected chi connectivity index (χ1v) is 7.24. The van der Waals surface area contributed by atoms with Gasteiger partial charge < -0.3 is 10.3 Å². The van der Waals surface area contributed by atoms with Gasteiger partial charge in [0.2, 0.25) is 0 Å². The summed E-state index contributed by atoms with van der Waals surface area (Å²) in [7, 11) is 0. The van der Waals surface area contributed by atoms with Crippen molar-refractivity contribution < 1.29 is 0 Å². The Balaban J connectivity index is 2.18. The zero-order valence-corrected chi connectivity index (χ0v) is 11.7. The lowest BCUT2D eigenvalue weighted by Crippen LogP contribution is -2.07. The van der Waals surface area contributed by atoms with Gasteiger partial charge in [0.05, 0.1) is 4.88 Å². The van der Waals surface area contributed by atoms with Gasteiger partial charge in [-0.1, -0.05) is 6.07 Å². The lowest BCUT2D eigenvalue weighted by atomic mass is 10.3. The lowest BCUT2D eigenvalue weighted by molar-refractivity contribution is 0.668. The number of hydrogen-bond donors (Lipinski definition) is 1. The Labute approximate surface area is 115 Å². The lowest BCUT2D eigenvalue weighted by Gasteiger charge is -2.06. The number of nitrogens with two attached hydrogens (primary N) is 1. The van der Waals surface area contributed by atoms with Crippen molar-refractivity contribution in [2.24, 2.45) is 5.73 Å². The summed E-state index contributed by atoms with van der Waals surface area (Å²) in [5.74, 6) is 0.997. The number of pyridine rings is 1. The molecule has 0 atom stereocenters. The first-order valence-electron chi connectivity index (χ1n) is 6.36. The summed E-state index contributed by atoms with van der Waals surface area (Å²) in [5, 5.41) is 2.07. The van der Waals surface area contributed by atoms with E-state index in [1.54, 1.807) is 11.3 Å². The molecule has 19 heavy (non-hydrogen) atoms. The average Bonchev–Trinajstić information content (AvgIpc) is 3.02. The minimum absolute atomic E-state index is 0.676. The molecular weight excluding hydrogens is 256 g/mol. The van der Waals surface area contributed by atoms with E-state index in [-0.39, 0.29) is 0 Å². The van der Waals surface area contributed by atoms with Crippen LogP contribution in [0.25, 0.3) is 21.9 Å². The highest BCUT2D eigenvalue weighted by Gasteiger charge is 2.14. The molecule has 0 aliphatic carbocycles. The van der Waals surface area contributed by atoms with Gasteiger partial charge in [0.1, 0.15) is 5.52 Å². The maximum Gasteiger partial charge on any atom is 0.160 e. The van der Waals surface area contributed by atoms with Crippen LogP contribution in [0.5, 0.6) is 0 Å². The number of aryl methyl sites for hydroxylation is 2. The van der Waals surface area contributed by atoms with Crippen molar-refractivity contribution in [3.63, 3.8) is 0 Å². The van der Waals surface area contributed by atoms with E-state index in [1.807, 2.05) is 19.2 Å². The fourth-order valence-corrected chi connectivity index (χ4v) is 2.89. The van der Waals surface area contributed by atoms with Crippen LogP contribution in [0.2, 0.25) is 0 Å². The van der Waals surface area contributed by atoms with Crippen LogP contribution in [0.3, 0.4) is 0 Å². The topological polar surface area (TPSA) is 56.7 Å². The van der Waals surface area contributed by atoms with E-state index in [9.17, 15) is 0 Å². The predicted molar refractivity (Wildman–Crippen MR) is 79.2 cm³/mol. The molecule has 0 aromatic carbocycles. The number of fused-ring (bicyclic) bond motifs is 1. The summed E-state index contributed by atoms with van der Waals surface area (Å²) < 4.78 is 2.17. The average molecular weight is 272 g/mol. The highest BCUT2D eigenvalue weighted by Crippen LogP contribution is 2.27. The highest BCUT2D eigenvalue weighted by molar-refractivity contribution is 7.13. The van der Waals surface area contributed by atoms with Gasteiger partial charge in [-0.15, -0.1) is 11.3 Å². The van der Waals surface area contributed by atoms with Crippen molar-refractivity contribution in [1.29, 1.82) is 0 Å². The molecule has 3 heterocycles. The first-order chi connectivity index (χ1) is 9.29. The van der Waals surface area contributed by atoms with Crippen LogP contribution < -0.4 is 5.73 Å². The van der Waals surface area contributed by atoms with Gasteiger partial charge in [0, 0.05) is 12.7 Å². The fourth-order valence-electron chi connectivity index (χ4n) is 2.17. The Morgan fingerprint density at radius 3 is 3.05 bits per heavy atom. The number of thiophene rings is 1. The van der Waals surface area contributed by atoms with E-state index in [1.165, 1.54) is 4.88 Å². The molecular formula is C14H16N4S. The zero-order chi connectivity index (χ0) is 13.2. The molecule has 0 spiro atoms. The van der Waals surface area contributed by atoms with Crippen molar-refractivity contribution in [2.45, 2.75) is 19.9 Å². The van der Waals surface area contributed by atoms with Crippen molar-refractivity contribution in [3.8, 4) is 10.7 Å². The molecule has 3 aromatic heterocycles. The van der Waals surface area contributed by atoms with Crippen LogP contribution in [0.1, 0.15) is 12.0 Å². The van der Waals surface area contributed by atoms with Crippen LogP contribution in [0, 0.1) is 6.92 Å². The largest absolute Gasteiger partial charge is 0.330 e. The van der Waals surface area contributed by atoms with Gasteiger partial charge in [-0.05, 0) is 43.0 Å². The first kappa shape index (κ1) is 12.3. The third-order valence-electron chi connectivity index (χ3n) is 3.05. The molecule has 0 aliphatic rings. The standard InChI is InChI=1S/C14H16N4S/c1-10-8-11-13(16-9-10)18(6-3-5-15)14(17-11)12-4-2-7-19-12/h2,4,7-9H,3,5-6,15H2,1H3. The second-order valence-corrected chi connectivity index (χ2v) is 5.51. The number of nitrogens with zero attached hydrogens (tertiary/aromatic N) is 3. The van der Waals surface area contributed by atoms with Crippen LogP contribution in [0.4, 0.5) is 0 Å². The van der Waals surface area contributed by atoms with Gasteiger partial charge in [-0.3, -0.25) is 0 Å². The third-order valence-corrected chi connectivity index (χ3v) is 3.91. The Morgan fingerprint density at radius 1 is 1.42 bits per heavy atom. The molecule has 0 saturated carbocycles. The number of imidazole rings is 1. The second-order valence-electron chi connectivity index (χ2n) is 4.56. The van der Waals surface area contributed by atoms with Gasteiger partial charge in [-0.2, -0.15) is 0 Å². The molecule has 0 bridgehead atoms. The van der Waals surface area contributed by atoms with E-state index in [2.05, 4.69) is 27.1 Å². The van der Waals surface area contributed by atoms with E-state index >= 15 is 0 Å². The van der Waals surface area contributed by atoms with Crippen molar-refractivity contribution >= 4 is 22.5 Å². The molecule has 5 heteroatoms. The number of aromatic nitrogens is 3. The summed E-state index contributed by atoms with van der Waals surface area (Å²) in [6.45, 7) is 3.57. The van der Waals surface area contributed by atoms with Crippen molar-refractivity contribution in [1.82, 2.24) is 14.5 Å². The van der Waals surface area contributed by atoms with Gasteiger partial charge >= 0.3 is 0 Å². The quantitative estimate of drug-likeness (QED) is 0.794. The maximum atomic E-state index is 5.63. The molecule has 0 unspecified atom stereocenters. The molecule has 4 nitrogen and oxygen atoms in total. The van der Waals surface area contributed by atoms with Gasteiger partial charge in [0.25, 0.3) is 0 Å². The summed E-state index contributed by atoms with van der Waals surface area (Å²) in [6.07, 6.45) is 2.82. The molecule has 0 aliphatic heterocycles. The third kappa shape index (κ3) is 2.27. The SMILES string of the molecule is Cc1cnc2c(c1)nc(-c1cccs1)n2CCCN. The van der Waals surface area contributed by atoms with E-state index in [0.29, 0.717) is 6.54 Å². The summed E-state index contributed by atoms with van der Waals surface area (Å²) >= 11 is 1.70. The number of rotatable bonds is 4. The van der Waals surface area contributed by atoms with Crippen LogP contribution >= 0.6 is 11.3 Å². The Morgan fingerprint density at radius 2 is 2.32 bits per heavy atom. The van der Waals surface area contributed by atoms with Crippen molar-refractivity contribution in [2.75, 3.05) is 6.54 Å². The van der Waals surface area contributed by atoms with Crippen LogP contribution in [-0.2, 0) is 6.54 Å². The fraction of sp³-hybridized carbons (Fsp3) is 0.286. The Hall–Kier alpha value is -1.72. The molecule has 0 fully saturated rings. The highest BCUT2D eigenvalue weighted by atomic mass is 32.1. The smallest absolute Gasteiger partial charge is 0.160 e. The predicted octanol–water partition coefficient (Wildman–Crippen LogP) is 2.82. The van der Waals surface area contributed by atoms with Gasteiger partial charge in [0.15, 0.2) is 11.5 Å². The Bertz CT molecular complexity index is 685. The summed E-state index contributed by atoms with van der Waals surface area (Å²) in [5.41, 5.74) is 8.67. The summed E-state index contributed by atoms with van der Waals surface area (Å²) in [6, 6.07) is 6.22. The normalized spacial score (nSPS) is 11.3. The van der Waals surface area contributed by atoms with Crippen LogP contribution in [-0.4, -0.2) is 21.1 Å². The molecule has 0 radical (unpaired) electrons. The monoisotopic (exact) mass is 272 g/mol. The molecule has 2 N–H and O–H groups in total. The minimum Gasteiger partial charge on any atom is -0.330 e. The molecule has 98 valence electrons. The number of hydrogen-bond acceptors (Lipinski definition) is 4. The van der Waals surface area contributed by atoms with E-state index in [4.69, 9.17) is 10.7 Å². The second kappa shape index (κ2) is 5.11. The molecule has 3 rings (SSSR count). The Kier molecular flexibility index (Phi) is 3.31. The minimum atomic E-state index is 0.676. The molecule has 0 amide bonds. The molecule has 3 aromatic rings. The van der Waals surface area contributed by atoms with E-state index in [0.717, 1.165) is 35.5 Å². The maximum absolute atomic E-state index is 5.63. The summed E-state index contributed by atoms with van der Waals surface area (Å²) in [4.78, 5) is 10.4. The van der Waals surface area contributed by atoms with Crippen LogP contribution in [0.15, 0.2) is 29.8 Å². The zero-order valence-electron chi connectivity index (χ0n) is 10.8.